The summed E-state index contributed by atoms with van der Waals surface area (Å²) in [5, 5.41) is 10.2. The maximum absolute atomic E-state index is 13.9. The summed E-state index contributed by atoms with van der Waals surface area (Å²) in [4.78, 5) is 24.5. The molecule has 0 spiro atoms. The number of benzene rings is 3. The van der Waals surface area contributed by atoms with Gasteiger partial charge in [0.25, 0.3) is 0 Å². The maximum atomic E-state index is 13.9. The van der Waals surface area contributed by atoms with Gasteiger partial charge in [0.1, 0.15) is 22.0 Å². The molecule has 0 bridgehead atoms. The smallest absolute Gasteiger partial charge is 0.328 e. The zero-order valence-corrected chi connectivity index (χ0v) is 17.8. The molecule has 0 aliphatic heterocycles. The molecule has 0 unspecified atom stereocenters. The van der Waals surface area contributed by atoms with E-state index in [1.54, 1.807) is 60.9 Å². The lowest BCUT2D eigenvalue weighted by Gasteiger charge is -2.08. The van der Waals surface area contributed by atoms with Crippen molar-refractivity contribution in [1.82, 2.24) is 0 Å². The summed E-state index contributed by atoms with van der Waals surface area (Å²) in [7, 11) is 0. The minimum absolute atomic E-state index is 0.240. The lowest BCUT2D eigenvalue weighted by Crippen LogP contribution is -2.00. The molecule has 0 saturated carbocycles. The number of ether oxygens (including phenoxy) is 1. The van der Waals surface area contributed by atoms with E-state index < -0.39 is 11.8 Å². The highest BCUT2D eigenvalue weighted by atomic mass is 32.1. The van der Waals surface area contributed by atoms with Crippen LogP contribution in [0.15, 0.2) is 83.5 Å². The van der Waals surface area contributed by atoms with Crippen LogP contribution in [0, 0.1) is 5.82 Å². The first-order valence-electron chi connectivity index (χ1n) is 9.91. The van der Waals surface area contributed by atoms with Gasteiger partial charge in [-0.15, -0.1) is 11.3 Å². The highest BCUT2D eigenvalue weighted by Crippen LogP contribution is 2.42. The van der Waals surface area contributed by atoms with Gasteiger partial charge in [-0.3, -0.25) is 4.79 Å². The van der Waals surface area contributed by atoms with E-state index in [4.69, 9.17) is 14.3 Å². The van der Waals surface area contributed by atoms with Gasteiger partial charge in [0.15, 0.2) is 5.75 Å². The number of fused-ring (bicyclic) bond motifs is 2. The van der Waals surface area contributed by atoms with Crippen molar-refractivity contribution in [3.63, 3.8) is 0 Å². The second-order valence-corrected chi connectivity index (χ2v) is 8.30. The third-order valence-corrected chi connectivity index (χ3v) is 6.18. The molecule has 33 heavy (non-hydrogen) atoms. The lowest BCUT2D eigenvalue weighted by atomic mass is 10.1. The van der Waals surface area contributed by atoms with Crippen molar-refractivity contribution < 1.29 is 28.2 Å². The molecule has 5 aromatic rings. The number of aliphatic carboxylic acids is 1. The quantitative estimate of drug-likeness (QED) is 0.221. The number of furan rings is 1. The Kier molecular flexibility index (Phi) is 5.24. The van der Waals surface area contributed by atoms with Crippen LogP contribution in [0.1, 0.15) is 20.8 Å². The molecule has 0 atom stereocenters. The Hall–Kier alpha value is -4.23. The van der Waals surface area contributed by atoms with Crippen LogP contribution in [0.5, 0.6) is 11.5 Å². The third kappa shape index (κ3) is 4.14. The largest absolute Gasteiger partial charge is 0.478 e. The summed E-state index contributed by atoms with van der Waals surface area (Å²) >= 11 is 1.17. The standard InChI is InChI=1S/C26H15FO5S/c27-18-5-8-20-22(14-18)33-26(24(30)17-4-9-21-16(13-17)11-12-31-21)25(20)32-19-6-1-15(2-7-19)3-10-23(28)29/h1-14H,(H,28,29)/b10-3+. The fraction of sp³-hybridized carbons (Fsp3) is 0. The van der Waals surface area contributed by atoms with Gasteiger partial charge in [0, 0.05) is 27.1 Å². The number of carbonyl (C=O) groups excluding carboxylic acids is 1. The number of hydrogen-bond donors (Lipinski definition) is 1. The Morgan fingerprint density at radius 1 is 1.00 bits per heavy atom. The zero-order chi connectivity index (χ0) is 22.9. The molecular formula is C26H15FO5S. The van der Waals surface area contributed by atoms with Crippen LogP contribution in [0.4, 0.5) is 4.39 Å². The van der Waals surface area contributed by atoms with E-state index >= 15 is 0 Å². The molecule has 0 aliphatic carbocycles. The number of halogens is 1. The fourth-order valence-electron chi connectivity index (χ4n) is 3.47. The zero-order valence-electron chi connectivity index (χ0n) is 16.9. The minimum atomic E-state index is -1.04. The molecule has 0 fully saturated rings. The molecule has 0 saturated heterocycles. The number of carboxylic acids is 1. The number of thiophene rings is 1. The summed E-state index contributed by atoms with van der Waals surface area (Å²) in [6, 6.07) is 18.0. The summed E-state index contributed by atoms with van der Waals surface area (Å²) in [6.45, 7) is 0. The lowest BCUT2D eigenvalue weighted by molar-refractivity contribution is -0.131. The van der Waals surface area contributed by atoms with E-state index in [0.29, 0.717) is 43.2 Å². The van der Waals surface area contributed by atoms with Crippen molar-refractivity contribution in [1.29, 1.82) is 0 Å². The van der Waals surface area contributed by atoms with Crippen LogP contribution in [0.25, 0.3) is 27.1 Å². The first-order valence-corrected chi connectivity index (χ1v) is 10.7. The van der Waals surface area contributed by atoms with Crippen molar-refractivity contribution in [3.8, 4) is 11.5 Å². The van der Waals surface area contributed by atoms with Crippen LogP contribution in [-0.2, 0) is 4.79 Å². The van der Waals surface area contributed by atoms with Gasteiger partial charge >= 0.3 is 5.97 Å². The van der Waals surface area contributed by atoms with Gasteiger partial charge in [0.05, 0.1) is 6.26 Å². The number of carbonyl (C=O) groups is 2. The van der Waals surface area contributed by atoms with Gasteiger partial charge in [-0.25, -0.2) is 9.18 Å². The highest BCUT2D eigenvalue weighted by Gasteiger charge is 2.22. The van der Waals surface area contributed by atoms with Crippen LogP contribution in [0.2, 0.25) is 0 Å². The molecule has 7 heteroatoms. The normalized spacial score (nSPS) is 11.4. The topological polar surface area (TPSA) is 76.7 Å². The molecular weight excluding hydrogens is 443 g/mol. The van der Waals surface area contributed by atoms with Crippen LogP contribution in [-0.4, -0.2) is 16.9 Å². The monoisotopic (exact) mass is 458 g/mol. The minimum Gasteiger partial charge on any atom is -0.478 e. The molecule has 0 aliphatic rings. The van der Waals surface area contributed by atoms with E-state index in [9.17, 15) is 14.0 Å². The Morgan fingerprint density at radius 2 is 1.82 bits per heavy atom. The molecule has 162 valence electrons. The first-order chi connectivity index (χ1) is 16.0. The summed E-state index contributed by atoms with van der Waals surface area (Å²) in [6.07, 6.45) is 4.07. The van der Waals surface area contributed by atoms with E-state index in [1.807, 2.05) is 0 Å². The Labute approximate surface area is 191 Å². The van der Waals surface area contributed by atoms with E-state index in [0.717, 1.165) is 11.5 Å². The SMILES string of the molecule is O=C(O)/C=C/c1ccc(Oc2c(C(=O)c3ccc4occc4c3)sc3cc(F)ccc23)cc1. The summed E-state index contributed by atoms with van der Waals surface area (Å²) < 4.78 is 25.9. The predicted molar refractivity (Wildman–Crippen MR) is 125 cm³/mol. The molecule has 3 aromatic carbocycles. The first kappa shape index (κ1) is 20.7. The molecule has 2 aromatic heterocycles. The Balaban J connectivity index is 1.55. The Bertz CT molecular complexity index is 1540. The summed E-state index contributed by atoms with van der Waals surface area (Å²) in [5.74, 6) is -0.865. The van der Waals surface area contributed by atoms with Crippen LogP contribution >= 0.6 is 11.3 Å². The Morgan fingerprint density at radius 3 is 2.61 bits per heavy atom. The second kappa shape index (κ2) is 8.37. The van der Waals surface area contributed by atoms with Crippen molar-refractivity contribution >= 4 is 50.2 Å². The summed E-state index contributed by atoms with van der Waals surface area (Å²) in [5.41, 5.74) is 1.83. The number of ketones is 1. The number of hydrogen-bond acceptors (Lipinski definition) is 5. The predicted octanol–water partition coefficient (Wildman–Crippen LogP) is 6.91. The fourth-order valence-corrected chi connectivity index (χ4v) is 4.59. The molecule has 5 rings (SSSR count). The van der Waals surface area contributed by atoms with E-state index in [1.165, 1.54) is 29.5 Å². The van der Waals surface area contributed by atoms with Gasteiger partial charge < -0.3 is 14.3 Å². The number of carboxylic acid groups (broad SMARTS) is 1. The molecule has 1 N–H and O–H groups in total. The van der Waals surface area contributed by atoms with Crippen molar-refractivity contribution in [2.75, 3.05) is 0 Å². The van der Waals surface area contributed by atoms with Gasteiger partial charge in [-0.1, -0.05) is 12.1 Å². The van der Waals surface area contributed by atoms with Gasteiger partial charge in [-0.05, 0) is 66.2 Å². The van der Waals surface area contributed by atoms with E-state index in [2.05, 4.69) is 0 Å². The van der Waals surface area contributed by atoms with Crippen LogP contribution < -0.4 is 4.74 Å². The molecule has 5 nitrogen and oxygen atoms in total. The number of rotatable bonds is 6. The van der Waals surface area contributed by atoms with Crippen molar-refractivity contribution in [2.24, 2.45) is 0 Å². The third-order valence-electron chi connectivity index (χ3n) is 5.05. The average molecular weight is 458 g/mol. The molecule has 0 radical (unpaired) electrons. The second-order valence-electron chi connectivity index (χ2n) is 7.25. The van der Waals surface area contributed by atoms with Gasteiger partial charge in [-0.2, -0.15) is 0 Å². The van der Waals surface area contributed by atoms with Crippen LogP contribution in [0.3, 0.4) is 0 Å². The molecule has 2 heterocycles. The maximum Gasteiger partial charge on any atom is 0.328 e. The van der Waals surface area contributed by atoms with E-state index in [-0.39, 0.29) is 5.78 Å². The van der Waals surface area contributed by atoms with Gasteiger partial charge in [0.2, 0.25) is 5.78 Å². The molecule has 0 amide bonds. The van der Waals surface area contributed by atoms with Crippen molar-refractivity contribution in [2.45, 2.75) is 0 Å². The van der Waals surface area contributed by atoms with Crippen molar-refractivity contribution in [3.05, 3.63) is 101 Å². The highest BCUT2D eigenvalue weighted by molar-refractivity contribution is 7.21. The average Bonchev–Trinajstić information content (AvgIpc) is 3.42.